The van der Waals surface area contributed by atoms with Gasteiger partial charge < -0.3 is 14.4 Å². The van der Waals surface area contributed by atoms with Gasteiger partial charge in [0, 0.05) is 19.6 Å². The van der Waals surface area contributed by atoms with Crippen molar-refractivity contribution in [3.8, 4) is 5.75 Å². The summed E-state index contributed by atoms with van der Waals surface area (Å²) in [5, 5.41) is 0. The van der Waals surface area contributed by atoms with Crippen molar-refractivity contribution in [1.29, 1.82) is 0 Å². The van der Waals surface area contributed by atoms with E-state index in [1.165, 1.54) is 30.6 Å². The third-order valence-electron chi connectivity index (χ3n) is 4.56. The summed E-state index contributed by atoms with van der Waals surface area (Å²) in [6.45, 7) is 16.1. The Morgan fingerprint density at radius 2 is 1.92 bits per heavy atom. The molecule has 1 heterocycles. The van der Waals surface area contributed by atoms with Gasteiger partial charge in [0.2, 0.25) is 0 Å². The molecule has 0 aliphatic carbocycles. The standard InChI is InChI=1S/C21H33NO2/c1-5-6-20-14-17(2)7-8-21(20)24-12-11-23-10-9-22-15-18(3)13-19(4)16-22/h5,7-8,14,18-19H,1,6,9-13,15-16H2,2-4H3/t18-,19+. The summed E-state index contributed by atoms with van der Waals surface area (Å²) in [5.74, 6) is 2.56. The second kappa shape index (κ2) is 9.85. The first-order valence-electron chi connectivity index (χ1n) is 9.21. The zero-order valence-corrected chi connectivity index (χ0v) is 15.6. The van der Waals surface area contributed by atoms with Gasteiger partial charge in [0.25, 0.3) is 0 Å². The van der Waals surface area contributed by atoms with Crippen LogP contribution in [-0.2, 0) is 11.2 Å². The van der Waals surface area contributed by atoms with Crippen LogP contribution in [0, 0.1) is 18.8 Å². The first-order valence-corrected chi connectivity index (χ1v) is 9.21. The van der Waals surface area contributed by atoms with Crippen LogP contribution in [0.3, 0.4) is 0 Å². The van der Waals surface area contributed by atoms with E-state index in [4.69, 9.17) is 9.47 Å². The Balaban J connectivity index is 1.64. The fraction of sp³-hybridized carbons (Fsp3) is 0.619. The van der Waals surface area contributed by atoms with Crippen molar-refractivity contribution >= 4 is 0 Å². The van der Waals surface area contributed by atoms with Gasteiger partial charge in [0.05, 0.1) is 13.2 Å². The molecule has 0 bridgehead atoms. The van der Waals surface area contributed by atoms with Gasteiger partial charge in [-0.2, -0.15) is 0 Å². The lowest BCUT2D eigenvalue weighted by atomic mass is 9.92. The van der Waals surface area contributed by atoms with Gasteiger partial charge >= 0.3 is 0 Å². The minimum Gasteiger partial charge on any atom is -0.491 e. The highest BCUT2D eigenvalue weighted by atomic mass is 16.5. The maximum absolute atomic E-state index is 5.88. The molecule has 1 aliphatic rings. The SMILES string of the molecule is C=CCc1cc(C)ccc1OCCOCCN1C[C@H](C)C[C@H](C)C1. The molecule has 24 heavy (non-hydrogen) atoms. The molecule has 2 rings (SSSR count). The highest BCUT2D eigenvalue weighted by Crippen LogP contribution is 2.21. The molecule has 3 nitrogen and oxygen atoms in total. The Hall–Kier alpha value is -1.32. The second-order valence-electron chi connectivity index (χ2n) is 7.27. The molecule has 3 heteroatoms. The van der Waals surface area contributed by atoms with Crippen LogP contribution < -0.4 is 4.74 Å². The summed E-state index contributed by atoms with van der Waals surface area (Å²) in [5.41, 5.74) is 2.45. The van der Waals surface area contributed by atoms with Crippen molar-refractivity contribution < 1.29 is 9.47 Å². The van der Waals surface area contributed by atoms with Gasteiger partial charge in [-0.1, -0.05) is 37.6 Å². The largest absolute Gasteiger partial charge is 0.491 e. The van der Waals surface area contributed by atoms with E-state index in [9.17, 15) is 0 Å². The van der Waals surface area contributed by atoms with E-state index in [1.807, 2.05) is 12.1 Å². The minimum absolute atomic E-state index is 0.597. The summed E-state index contributed by atoms with van der Waals surface area (Å²) >= 11 is 0. The molecule has 0 amide bonds. The lowest BCUT2D eigenvalue weighted by Crippen LogP contribution is -2.40. The Morgan fingerprint density at radius 1 is 1.17 bits per heavy atom. The summed E-state index contributed by atoms with van der Waals surface area (Å²) in [6.07, 6.45) is 4.11. The number of benzene rings is 1. The van der Waals surface area contributed by atoms with Gasteiger partial charge in [-0.3, -0.25) is 0 Å². The molecule has 1 aliphatic heterocycles. The maximum atomic E-state index is 5.88. The molecule has 2 atom stereocenters. The molecule has 1 aromatic rings. The zero-order chi connectivity index (χ0) is 17.4. The van der Waals surface area contributed by atoms with Gasteiger partial charge in [-0.05, 0) is 43.2 Å². The molecule has 134 valence electrons. The van der Waals surface area contributed by atoms with Crippen molar-refractivity contribution in [2.45, 2.75) is 33.6 Å². The molecule has 1 aromatic carbocycles. The number of hydrogen-bond donors (Lipinski definition) is 0. The summed E-state index contributed by atoms with van der Waals surface area (Å²) < 4.78 is 11.6. The minimum atomic E-state index is 0.597. The van der Waals surface area contributed by atoms with Crippen molar-refractivity contribution in [2.24, 2.45) is 11.8 Å². The van der Waals surface area contributed by atoms with Crippen LogP contribution in [0.15, 0.2) is 30.9 Å². The van der Waals surface area contributed by atoms with Crippen LogP contribution in [0.4, 0.5) is 0 Å². The number of piperidine rings is 1. The third kappa shape index (κ3) is 6.29. The van der Waals surface area contributed by atoms with Crippen LogP contribution in [0.25, 0.3) is 0 Å². The van der Waals surface area contributed by atoms with Crippen molar-refractivity contribution in [2.75, 3.05) is 39.5 Å². The monoisotopic (exact) mass is 331 g/mol. The van der Waals surface area contributed by atoms with Gasteiger partial charge in [-0.25, -0.2) is 0 Å². The second-order valence-corrected chi connectivity index (χ2v) is 7.27. The molecular formula is C21H33NO2. The zero-order valence-electron chi connectivity index (χ0n) is 15.6. The van der Waals surface area contributed by atoms with E-state index in [1.54, 1.807) is 0 Å². The van der Waals surface area contributed by atoms with Gasteiger partial charge in [-0.15, -0.1) is 6.58 Å². The van der Waals surface area contributed by atoms with E-state index in [2.05, 4.69) is 44.4 Å². The van der Waals surface area contributed by atoms with Crippen LogP contribution in [0.5, 0.6) is 5.75 Å². The number of likely N-dealkylation sites (tertiary alicyclic amines) is 1. The Labute approximate surface area is 147 Å². The van der Waals surface area contributed by atoms with Crippen LogP contribution in [0.2, 0.25) is 0 Å². The number of ether oxygens (including phenoxy) is 2. The van der Waals surface area contributed by atoms with E-state index < -0.39 is 0 Å². The molecule has 1 fully saturated rings. The molecule has 0 aromatic heterocycles. The van der Waals surface area contributed by atoms with E-state index in [0.717, 1.165) is 37.2 Å². The normalized spacial score (nSPS) is 21.6. The fourth-order valence-electron chi connectivity index (χ4n) is 3.64. The molecule has 0 spiro atoms. The van der Waals surface area contributed by atoms with Gasteiger partial charge in [0.15, 0.2) is 0 Å². The molecule has 0 N–H and O–H groups in total. The van der Waals surface area contributed by atoms with Crippen molar-refractivity contribution in [3.05, 3.63) is 42.0 Å². The first-order chi connectivity index (χ1) is 11.6. The summed E-state index contributed by atoms with van der Waals surface area (Å²) in [7, 11) is 0. The molecule has 0 unspecified atom stereocenters. The lowest BCUT2D eigenvalue weighted by Gasteiger charge is -2.34. The number of nitrogens with zero attached hydrogens (tertiary/aromatic N) is 1. The highest BCUT2D eigenvalue weighted by molar-refractivity contribution is 5.38. The molecule has 0 radical (unpaired) electrons. The first kappa shape index (κ1) is 19.0. The lowest BCUT2D eigenvalue weighted by molar-refractivity contribution is 0.0594. The predicted molar refractivity (Wildman–Crippen MR) is 101 cm³/mol. The molecular weight excluding hydrogens is 298 g/mol. The van der Waals surface area contributed by atoms with E-state index in [0.29, 0.717) is 13.2 Å². The quantitative estimate of drug-likeness (QED) is 0.502. The number of hydrogen-bond acceptors (Lipinski definition) is 3. The molecule has 0 saturated carbocycles. The number of rotatable bonds is 9. The fourth-order valence-corrected chi connectivity index (χ4v) is 3.64. The summed E-state index contributed by atoms with van der Waals surface area (Å²) in [6, 6.07) is 6.29. The Kier molecular flexibility index (Phi) is 7.80. The Bertz CT molecular complexity index is 505. The van der Waals surface area contributed by atoms with Crippen LogP contribution >= 0.6 is 0 Å². The maximum Gasteiger partial charge on any atom is 0.122 e. The predicted octanol–water partition coefficient (Wildman–Crippen LogP) is 4.10. The van der Waals surface area contributed by atoms with Crippen molar-refractivity contribution in [1.82, 2.24) is 4.90 Å². The topological polar surface area (TPSA) is 21.7 Å². The number of allylic oxidation sites excluding steroid dienone is 1. The number of aryl methyl sites for hydroxylation is 1. The van der Waals surface area contributed by atoms with Gasteiger partial charge in [0.1, 0.15) is 12.4 Å². The average molecular weight is 332 g/mol. The highest BCUT2D eigenvalue weighted by Gasteiger charge is 2.21. The average Bonchev–Trinajstić information content (AvgIpc) is 2.52. The van der Waals surface area contributed by atoms with Crippen LogP contribution in [-0.4, -0.2) is 44.4 Å². The van der Waals surface area contributed by atoms with E-state index in [-0.39, 0.29) is 0 Å². The summed E-state index contributed by atoms with van der Waals surface area (Å²) in [4.78, 5) is 2.53. The smallest absolute Gasteiger partial charge is 0.122 e. The third-order valence-corrected chi connectivity index (χ3v) is 4.56. The molecule has 1 saturated heterocycles. The van der Waals surface area contributed by atoms with E-state index >= 15 is 0 Å². The van der Waals surface area contributed by atoms with Crippen LogP contribution in [0.1, 0.15) is 31.4 Å². The Morgan fingerprint density at radius 3 is 2.62 bits per heavy atom. The van der Waals surface area contributed by atoms with Crippen molar-refractivity contribution in [3.63, 3.8) is 0 Å².